The van der Waals surface area contributed by atoms with E-state index in [4.69, 9.17) is 42.0 Å². The summed E-state index contributed by atoms with van der Waals surface area (Å²) in [6.07, 6.45) is 6.48. The molecule has 3 N–H and O–H groups in total. The third kappa shape index (κ3) is 25.7. The van der Waals surface area contributed by atoms with Crippen molar-refractivity contribution in [1.82, 2.24) is 29.1 Å². The van der Waals surface area contributed by atoms with Crippen LogP contribution < -0.4 is 10.4 Å². The van der Waals surface area contributed by atoms with Crippen LogP contribution in [0.25, 0.3) is 167 Å². The van der Waals surface area contributed by atoms with E-state index in [1.807, 2.05) is 54.6 Å². The molecule has 0 aliphatic carbocycles. The fourth-order valence-corrected chi connectivity index (χ4v) is 21.7. The number of aliphatic hydroxyl groups excluding tert-OH is 2. The zero-order valence-electron chi connectivity index (χ0n) is 86.5. The number of alkyl halides is 3. The summed E-state index contributed by atoms with van der Waals surface area (Å²) < 4.78 is 75.8. The number of fused-ring (bicyclic) bond motifs is 8. The van der Waals surface area contributed by atoms with Gasteiger partial charge in [-0.3, -0.25) is 14.1 Å². The summed E-state index contributed by atoms with van der Waals surface area (Å²) in [5, 5.41) is 21.3. The molecule has 21 heteroatoms. The summed E-state index contributed by atoms with van der Waals surface area (Å²) in [7, 11) is -6.52. The molecule has 0 saturated carbocycles. The Balaban J connectivity index is 0.000000176. The van der Waals surface area contributed by atoms with Crippen molar-refractivity contribution in [1.29, 1.82) is 0 Å². The van der Waals surface area contributed by atoms with Crippen molar-refractivity contribution in [2.24, 2.45) is 11.8 Å². The third-order valence-corrected chi connectivity index (χ3v) is 30.1. The van der Waals surface area contributed by atoms with Crippen LogP contribution in [0.1, 0.15) is 140 Å². The normalized spacial score (nSPS) is 11.6. The summed E-state index contributed by atoms with van der Waals surface area (Å²) in [6.45, 7) is 41.8. The second-order valence-corrected chi connectivity index (χ2v) is 51.6. The Morgan fingerprint density at radius 1 is 0.363 bits per heavy atom. The number of hydrogen-bond donors (Lipinski definition) is 3. The molecule has 20 rings (SSSR count). The minimum atomic E-state index is -5.84. The molecule has 13 nitrogen and oxygen atoms in total. The summed E-state index contributed by atoms with van der Waals surface area (Å²) in [5.41, 5.74) is 28.2. The smallest absolute Gasteiger partial charge is 0.501 e. The van der Waals surface area contributed by atoms with Gasteiger partial charge < -0.3 is 33.6 Å². The Labute approximate surface area is 887 Å². The molecule has 2 radical (unpaired) electrons. The number of hydrogen-bond acceptors (Lipinski definition) is 10. The fourth-order valence-electron chi connectivity index (χ4n) is 18.5. The summed E-state index contributed by atoms with van der Waals surface area (Å²) in [6, 6.07) is 123. The maximum atomic E-state index is 10.7. The number of halogens is 3. The molecule has 6 heterocycles. The van der Waals surface area contributed by atoms with Crippen LogP contribution in [0.15, 0.2) is 343 Å². The minimum Gasteiger partial charge on any atom is -0.501 e. The Morgan fingerprint density at radius 3 is 1.06 bits per heavy atom. The number of rotatable bonds is 20. The fraction of sp³-hybridized carbons (Fsp3) is 0.232. The monoisotopic (exact) mass is 2360 g/mol. The van der Waals surface area contributed by atoms with E-state index >= 15 is 0 Å². The van der Waals surface area contributed by atoms with Gasteiger partial charge in [0.05, 0.1) is 60.9 Å². The van der Waals surface area contributed by atoms with Crippen LogP contribution in [-0.4, -0.2) is 88.1 Å². The number of aromatic nitrogens is 6. The van der Waals surface area contributed by atoms with Crippen LogP contribution in [0.4, 0.5) is 13.2 Å². The van der Waals surface area contributed by atoms with Crippen LogP contribution in [0.3, 0.4) is 0 Å². The zero-order valence-corrected chi connectivity index (χ0v) is 94.1. The van der Waals surface area contributed by atoms with Crippen LogP contribution in [-0.2, 0) is 63.2 Å². The quantitative estimate of drug-likeness (QED) is 0.0286. The Bertz CT molecular complexity index is 7420. The first kappa shape index (κ1) is 112. The molecule has 14 aromatic carbocycles. The van der Waals surface area contributed by atoms with Crippen molar-refractivity contribution in [3.63, 3.8) is 0 Å². The number of furan rings is 2. The Morgan fingerprint density at radius 2 is 0.705 bits per heavy atom. The van der Waals surface area contributed by atoms with E-state index in [2.05, 4.69) is 439 Å². The van der Waals surface area contributed by atoms with Gasteiger partial charge in [0.25, 0.3) is 0 Å². The van der Waals surface area contributed by atoms with E-state index in [0.29, 0.717) is 23.7 Å². The van der Waals surface area contributed by atoms with E-state index in [-0.39, 0.29) is 52.0 Å². The maximum absolute atomic E-state index is 10.7. The predicted molar refractivity (Wildman–Crippen MR) is 598 cm³/mol. The number of benzene rings is 14. The Kier molecular flexibility index (Phi) is 37.7. The average Bonchev–Trinajstić information content (AvgIpc) is 1.57. The van der Waals surface area contributed by atoms with E-state index in [9.17, 15) is 13.2 Å². The van der Waals surface area contributed by atoms with Gasteiger partial charge >= 0.3 is 15.6 Å². The van der Waals surface area contributed by atoms with Crippen molar-refractivity contribution in [3.05, 3.63) is 385 Å². The second-order valence-electron chi connectivity index (χ2n) is 40.1. The number of aliphatic hydroxyl groups is 2. The van der Waals surface area contributed by atoms with Crippen LogP contribution in [0.2, 0.25) is 39.3 Å². The molecule has 0 amide bonds. The van der Waals surface area contributed by atoms with Gasteiger partial charge in [-0.2, -0.15) is 21.6 Å². The largest absolute Gasteiger partial charge is 0.522 e. The number of para-hydroxylation sites is 5. The first-order valence-corrected chi connectivity index (χ1v) is 57.6. The average molecular weight is 2360 g/mol. The molecule has 756 valence electrons. The van der Waals surface area contributed by atoms with E-state index < -0.39 is 31.8 Å². The van der Waals surface area contributed by atoms with E-state index in [0.717, 1.165) is 149 Å². The van der Waals surface area contributed by atoms with Gasteiger partial charge in [0.1, 0.15) is 22.6 Å². The molecule has 0 aliphatic rings. The molecule has 0 atom stereocenters. The standard InChI is InChI=1S/C43H36N2O.C43H35N2O.2C18H24NSi.CHF3O3S.2CH4O.2Ir/c2*1-27(2)36-24-32(30-16-9-6-10-17-30)25-37(28(3)4)41(36)45-39-21-12-11-20-38(39)44-43(45)35-19-13-18-34-33-23-22-31(26-40(33)46-42(34)35)29-14-7-5-8-15-29;2*1-14(2)11-16-12-17(15-9-7-6-8-10-15)19-13-18(16)20(3,4)5;2-1(3,4)8(5,6)7;2*1-2;;/h5-28H,1-4H3;5-18,20-28H,1-4H3;2*6-9,12-14H,11H2,1-5H3;(H,5,6,7);2*2H,1H3;;/q;3*-1;;;;;. The van der Waals surface area contributed by atoms with Crippen LogP contribution >= 0.6 is 0 Å². The first-order chi connectivity index (χ1) is 69.0. The van der Waals surface area contributed by atoms with Gasteiger partial charge in [-0.15, -0.1) is 90.0 Å². The van der Waals surface area contributed by atoms with Crippen molar-refractivity contribution in [2.75, 3.05) is 14.2 Å². The minimum absolute atomic E-state index is 0. The molecular formula is C125H128F3Ir2N6O7SSi2-3. The van der Waals surface area contributed by atoms with Gasteiger partial charge in [-0.25, -0.2) is 4.98 Å². The number of nitrogens with zero attached hydrogens (tertiary/aromatic N) is 6. The van der Waals surface area contributed by atoms with Gasteiger partial charge in [-0.05, 0) is 210 Å². The maximum Gasteiger partial charge on any atom is 0.522 e. The second kappa shape index (κ2) is 49.2. The molecule has 0 spiro atoms. The first-order valence-electron chi connectivity index (χ1n) is 49.2. The molecule has 0 aliphatic heterocycles. The molecule has 0 unspecified atom stereocenters. The molecule has 0 bridgehead atoms. The number of pyridine rings is 2. The number of imidazole rings is 2. The van der Waals surface area contributed by atoms with E-state index in [1.165, 1.54) is 88.5 Å². The van der Waals surface area contributed by atoms with Crippen molar-refractivity contribution < 1.29 is 85.4 Å². The summed E-state index contributed by atoms with van der Waals surface area (Å²) >= 11 is 0. The van der Waals surface area contributed by atoms with Gasteiger partial charge in [0, 0.05) is 88.7 Å². The predicted octanol–water partition coefficient (Wildman–Crippen LogP) is 32.3. The molecule has 0 saturated heterocycles. The van der Waals surface area contributed by atoms with E-state index in [1.54, 1.807) is 0 Å². The van der Waals surface area contributed by atoms with Crippen molar-refractivity contribution in [3.8, 4) is 101 Å². The summed E-state index contributed by atoms with van der Waals surface area (Å²) in [5.74, 6) is 4.23. The van der Waals surface area contributed by atoms with Gasteiger partial charge in [-0.1, -0.05) is 333 Å². The SMILES string of the molecule is CC(C)Cc1cc(-c2[c-]cccc2)ncc1[Si](C)(C)C.CC(C)Cc1cc(-c2[c-]cccc2)ncc1[Si](C)(C)C.CC(C)c1cc(-c2ccccc2)cc(C(C)C)c1-n1c(-c2[c-]ccc3c2oc2cc(-c4ccccc4)ccc23)nc2ccccc21.CC(C)c1cc(-c2ccccc2)cc(C(C)C)c1-n1c(-c2cccc3c2oc2cc(-c4ccccc4)ccc23)nc2ccccc21.CO.CO.O=S(=O)(O)C(F)(F)F.[Ir].[Ir]. The topological polar surface area (TPSA) is 183 Å². The zero-order chi connectivity index (χ0) is 103. The van der Waals surface area contributed by atoms with Crippen molar-refractivity contribution >= 4 is 103 Å². The third-order valence-electron chi connectivity index (χ3n) is 25.3. The molecule has 0 fully saturated rings. The molecule has 20 aromatic rings. The van der Waals surface area contributed by atoms with Crippen LogP contribution in [0, 0.1) is 30.0 Å². The molecule has 6 aromatic heterocycles. The van der Waals surface area contributed by atoms with Crippen LogP contribution in [0.5, 0.6) is 0 Å². The van der Waals surface area contributed by atoms with Gasteiger partial charge in [0.2, 0.25) is 0 Å². The van der Waals surface area contributed by atoms with Gasteiger partial charge in [0.15, 0.2) is 0 Å². The molecule has 146 heavy (non-hydrogen) atoms. The molecular weight excluding hydrogens is 2230 g/mol. The van der Waals surface area contributed by atoms with Crippen molar-refractivity contribution in [2.45, 2.75) is 164 Å². The Hall–Kier alpha value is -12.7. The summed E-state index contributed by atoms with van der Waals surface area (Å²) in [4.78, 5) is 20.0.